The fraction of sp³-hybridized carbons (Fsp3) is 0.261. The van der Waals surface area contributed by atoms with Crippen molar-refractivity contribution in [3.63, 3.8) is 0 Å². The molecule has 1 amide bonds. The van der Waals surface area contributed by atoms with Crippen molar-refractivity contribution in [1.82, 2.24) is 24.7 Å². The first-order valence-corrected chi connectivity index (χ1v) is 12.3. The van der Waals surface area contributed by atoms with Crippen molar-refractivity contribution in [3.8, 4) is 17.1 Å². The van der Waals surface area contributed by atoms with Gasteiger partial charge in [0.1, 0.15) is 5.75 Å². The Morgan fingerprint density at radius 3 is 2.56 bits per heavy atom. The van der Waals surface area contributed by atoms with E-state index in [1.165, 1.54) is 23.1 Å². The standard InChI is InChI=1S/C23H24N6O3S2/c1-31-13-12-28-21(18-7-9-24-10-8-18)26-27-23(28)34-16-20(30)29(22-25-11-14-33-22)15-17-3-5-19(32-2)6-4-17/h3-11,14H,12-13,15-16H2,1-2H3. The van der Waals surface area contributed by atoms with Gasteiger partial charge in [-0.3, -0.25) is 19.2 Å². The van der Waals surface area contributed by atoms with Crippen molar-refractivity contribution in [1.29, 1.82) is 0 Å². The summed E-state index contributed by atoms with van der Waals surface area (Å²) < 4.78 is 12.5. The van der Waals surface area contributed by atoms with E-state index >= 15 is 0 Å². The number of thioether (sulfide) groups is 1. The van der Waals surface area contributed by atoms with Gasteiger partial charge < -0.3 is 9.47 Å². The minimum atomic E-state index is -0.0671. The van der Waals surface area contributed by atoms with E-state index in [4.69, 9.17) is 9.47 Å². The Morgan fingerprint density at radius 2 is 1.88 bits per heavy atom. The fourth-order valence-electron chi connectivity index (χ4n) is 3.22. The lowest BCUT2D eigenvalue weighted by molar-refractivity contribution is -0.116. The van der Waals surface area contributed by atoms with Crippen molar-refractivity contribution < 1.29 is 14.3 Å². The van der Waals surface area contributed by atoms with Crippen LogP contribution in [0.1, 0.15) is 5.56 Å². The summed E-state index contributed by atoms with van der Waals surface area (Å²) in [5.74, 6) is 1.61. The largest absolute Gasteiger partial charge is 0.497 e. The van der Waals surface area contributed by atoms with Crippen LogP contribution in [-0.2, 0) is 22.6 Å². The number of methoxy groups -OCH3 is 2. The summed E-state index contributed by atoms with van der Waals surface area (Å²) in [6, 6.07) is 11.4. The van der Waals surface area contributed by atoms with E-state index in [1.807, 2.05) is 46.3 Å². The molecule has 0 N–H and O–H groups in total. The zero-order chi connectivity index (χ0) is 23.8. The molecule has 34 heavy (non-hydrogen) atoms. The highest BCUT2D eigenvalue weighted by atomic mass is 32.2. The molecular formula is C23H24N6O3S2. The number of pyridine rings is 1. The molecule has 1 aromatic carbocycles. The molecule has 3 aromatic heterocycles. The van der Waals surface area contributed by atoms with Crippen LogP contribution < -0.4 is 9.64 Å². The van der Waals surface area contributed by atoms with Crippen molar-refractivity contribution in [3.05, 3.63) is 65.9 Å². The minimum absolute atomic E-state index is 0.0671. The Bertz CT molecular complexity index is 1180. The van der Waals surface area contributed by atoms with Crippen LogP contribution in [-0.4, -0.2) is 57.2 Å². The maximum atomic E-state index is 13.3. The number of carbonyl (C=O) groups excluding carboxylic acids is 1. The number of hydrogen-bond acceptors (Lipinski definition) is 9. The van der Waals surface area contributed by atoms with Gasteiger partial charge in [-0.1, -0.05) is 23.9 Å². The summed E-state index contributed by atoms with van der Waals surface area (Å²) in [6.07, 6.45) is 5.13. The molecule has 0 bridgehead atoms. The molecule has 4 rings (SSSR count). The number of anilines is 1. The summed E-state index contributed by atoms with van der Waals surface area (Å²) in [7, 11) is 3.28. The number of benzene rings is 1. The van der Waals surface area contributed by atoms with E-state index in [-0.39, 0.29) is 11.7 Å². The van der Waals surface area contributed by atoms with Crippen LogP contribution in [0.15, 0.2) is 65.5 Å². The SMILES string of the molecule is COCCn1c(SCC(=O)N(Cc2ccc(OC)cc2)c2nccs2)nnc1-c1ccncc1. The smallest absolute Gasteiger partial charge is 0.239 e. The van der Waals surface area contributed by atoms with E-state index in [1.54, 1.807) is 37.7 Å². The molecule has 176 valence electrons. The topological polar surface area (TPSA) is 95.3 Å². The monoisotopic (exact) mass is 496 g/mol. The first-order chi connectivity index (χ1) is 16.7. The lowest BCUT2D eigenvalue weighted by Gasteiger charge is -2.20. The highest BCUT2D eigenvalue weighted by Gasteiger charge is 2.21. The lowest BCUT2D eigenvalue weighted by Crippen LogP contribution is -2.32. The summed E-state index contributed by atoms with van der Waals surface area (Å²) in [5.41, 5.74) is 1.89. The number of aromatic nitrogens is 5. The van der Waals surface area contributed by atoms with E-state index in [2.05, 4.69) is 20.2 Å². The van der Waals surface area contributed by atoms with Crippen LogP contribution in [0.5, 0.6) is 5.75 Å². The number of carbonyl (C=O) groups is 1. The molecule has 0 aliphatic rings. The second-order valence-electron chi connectivity index (χ2n) is 7.12. The van der Waals surface area contributed by atoms with Gasteiger partial charge in [-0.2, -0.15) is 0 Å². The second-order valence-corrected chi connectivity index (χ2v) is 8.93. The third-order valence-corrected chi connectivity index (χ3v) is 6.70. The zero-order valence-corrected chi connectivity index (χ0v) is 20.5. The molecule has 0 atom stereocenters. The lowest BCUT2D eigenvalue weighted by atomic mass is 10.2. The first kappa shape index (κ1) is 23.9. The van der Waals surface area contributed by atoms with Crippen LogP contribution in [0.25, 0.3) is 11.4 Å². The summed E-state index contributed by atoms with van der Waals surface area (Å²) in [6.45, 7) is 1.48. The summed E-state index contributed by atoms with van der Waals surface area (Å²) in [5, 5.41) is 11.9. The molecule has 0 saturated carbocycles. The van der Waals surface area contributed by atoms with Crippen molar-refractivity contribution in [2.75, 3.05) is 31.5 Å². The van der Waals surface area contributed by atoms with Gasteiger partial charge >= 0.3 is 0 Å². The fourth-order valence-corrected chi connectivity index (χ4v) is 4.72. The Morgan fingerprint density at radius 1 is 1.09 bits per heavy atom. The predicted octanol–water partition coefficient (Wildman–Crippen LogP) is 3.78. The van der Waals surface area contributed by atoms with Crippen LogP contribution >= 0.6 is 23.1 Å². The Kier molecular flexibility index (Phi) is 8.23. The molecule has 0 unspecified atom stereocenters. The number of thiazole rings is 1. The maximum absolute atomic E-state index is 13.3. The average Bonchev–Trinajstić information content (AvgIpc) is 3.55. The van der Waals surface area contributed by atoms with Gasteiger partial charge in [0.2, 0.25) is 5.91 Å². The highest BCUT2D eigenvalue weighted by Crippen LogP contribution is 2.26. The Balaban J connectivity index is 1.51. The van der Waals surface area contributed by atoms with E-state index in [0.717, 1.165) is 16.9 Å². The first-order valence-electron chi connectivity index (χ1n) is 10.5. The average molecular weight is 497 g/mol. The predicted molar refractivity (Wildman–Crippen MR) is 132 cm³/mol. The van der Waals surface area contributed by atoms with Gasteiger partial charge in [0.15, 0.2) is 16.1 Å². The van der Waals surface area contributed by atoms with Gasteiger partial charge in [0.05, 0.1) is 32.6 Å². The van der Waals surface area contributed by atoms with Crippen LogP contribution in [0.3, 0.4) is 0 Å². The van der Waals surface area contributed by atoms with Crippen molar-refractivity contribution in [2.24, 2.45) is 0 Å². The molecule has 0 aliphatic carbocycles. The molecule has 11 heteroatoms. The van der Waals surface area contributed by atoms with Gasteiger partial charge in [0.25, 0.3) is 0 Å². The third-order valence-electron chi connectivity index (χ3n) is 4.95. The molecule has 0 fully saturated rings. The van der Waals surface area contributed by atoms with Gasteiger partial charge in [-0.05, 0) is 29.8 Å². The number of hydrogen-bond donors (Lipinski definition) is 0. The van der Waals surface area contributed by atoms with Crippen molar-refractivity contribution >= 4 is 34.1 Å². The minimum Gasteiger partial charge on any atom is -0.497 e. The summed E-state index contributed by atoms with van der Waals surface area (Å²) in [4.78, 5) is 23.4. The molecular weight excluding hydrogens is 472 g/mol. The zero-order valence-electron chi connectivity index (χ0n) is 18.8. The number of nitrogens with zero attached hydrogens (tertiary/aromatic N) is 6. The third kappa shape index (κ3) is 5.79. The van der Waals surface area contributed by atoms with Gasteiger partial charge in [-0.25, -0.2) is 4.98 Å². The number of amides is 1. The van der Waals surface area contributed by atoms with Crippen LogP contribution in [0.4, 0.5) is 5.13 Å². The second kappa shape index (κ2) is 11.7. The number of rotatable bonds is 11. The molecule has 0 saturated heterocycles. The van der Waals surface area contributed by atoms with Gasteiger partial charge in [0, 0.05) is 36.6 Å². The highest BCUT2D eigenvalue weighted by molar-refractivity contribution is 7.99. The van der Waals surface area contributed by atoms with Gasteiger partial charge in [-0.15, -0.1) is 21.5 Å². The van der Waals surface area contributed by atoms with Crippen LogP contribution in [0, 0.1) is 0 Å². The normalized spacial score (nSPS) is 10.9. The molecule has 0 spiro atoms. The quantitative estimate of drug-likeness (QED) is 0.290. The maximum Gasteiger partial charge on any atom is 0.239 e. The molecule has 3 heterocycles. The van der Waals surface area contributed by atoms with E-state index < -0.39 is 0 Å². The Labute approximate surface area is 205 Å². The molecule has 0 aliphatic heterocycles. The van der Waals surface area contributed by atoms with E-state index in [9.17, 15) is 4.79 Å². The van der Waals surface area contributed by atoms with Crippen molar-refractivity contribution in [2.45, 2.75) is 18.2 Å². The molecule has 0 radical (unpaired) electrons. The Hall–Kier alpha value is -3.28. The van der Waals surface area contributed by atoms with Crippen LogP contribution in [0.2, 0.25) is 0 Å². The molecule has 4 aromatic rings. The number of ether oxygens (including phenoxy) is 2. The summed E-state index contributed by atoms with van der Waals surface area (Å²) >= 11 is 2.78. The van der Waals surface area contributed by atoms with E-state index in [0.29, 0.717) is 35.8 Å². The molecule has 9 nitrogen and oxygen atoms in total.